The highest BCUT2D eigenvalue weighted by atomic mass is 16.3. The summed E-state index contributed by atoms with van der Waals surface area (Å²) >= 11 is 0. The molecule has 2 saturated heterocycles. The maximum Gasteiger partial charge on any atom is 0.253 e. The minimum absolute atomic E-state index is 0.177. The minimum Gasteiger partial charge on any atom is -0.396 e. The molecule has 26 heavy (non-hydrogen) atoms. The van der Waals surface area contributed by atoms with Crippen molar-refractivity contribution in [2.24, 2.45) is 11.8 Å². The highest BCUT2D eigenvalue weighted by Gasteiger charge is 2.30. The molecule has 3 rings (SSSR count). The quantitative estimate of drug-likeness (QED) is 0.879. The maximum atomic E-state index is 12.9. The van der Waals surface area contributed by atoms with Crippen molar-refractivity contribution in [2.75, 3.05) is 32.8 Å². The molecule has 1 aromatic carbocycles. The van der Waals surface area contributed by atoms with Gasteiger partial charge in [0.25, 0.3) is 5.91 Å². The third-order valence-electron chi connectivity index (χ3n) is 5.95. The normalized spacial score (nSPS) is 22.8. The van der Waals surface area contributed by atoms with Crippen molar-refractivity contribution in [2.45, 2.75) is 52.0 Å². The highest BCUT2D eigenvalue weighted by molar-refractivity contribution is 5.94. The third kappa shape index (κ3) is 4.86. The number of carbonyl (C=O) groups excluding carboxylic acids is 1. The topological polar surface area (TPSA) is 43.8 Å². The van der Waals surface area contributed by atoms with Gasteiger partial charge in [-0.25, -0.2) is 0 Å². The van der Waals surface area contributed by atoms with Crippen LogP contribution in [0.4, 0.5) is 0 Å². The number of carbonyl (C=O) groups is 1. The summed E-state index contributed by atoms with van der Waals surface area (Å²) in [5, 5.41) is 9.32. The molecule has 0 aliphatic carbocycles. The van der Waals surface area contributed by atoms with Gasteiger partial charge < -0.3 is 10.0 Å². The van der Waals surface area contributed by atoms with E-state index in [-0.39, 0.29) is 5.91 Å². The lowest BCUT2D eigenvalue weighted by Crippen LogP contribution is -2.52. The second-order valence-corrected chi connectivity index (χ2v) is 8.50. The molecule has 0 saturated carbocycles. The maximum absolute atomic E-state index is 12.9. The molecule has 1 atom stereocenters. The number of aliphatic hydroxyl groups excluding tert-OH is 1. The molecule has 0 radical (unpaired) electrons. The number of benzene rings is 1. The van der Waals surface area contributed by atoms with Crippen molar-refractivity contribution in [1.82, 2.24) is 9.80 Å². The zero-order valence-electron chi connectivity index (χ0n) is 16.4. The van der Waals surface area contributed by atoms with Crippen LogP contribution in [0.5, 0.6) is 0 Å². The van der Waals surface area contributed by atoms with Gasteiger partial charge in [-0.3, -0.25) is 9.69 Å². The molecule has 0 unspecified atom stereocenters. The van der Waals surface area contributed by atoms with Gasteiger partial charge in [-0.05, 0) is 74.7 Å². The van der Waals surface area contributed by atoms with Gasteiger partial charge in [0.15, 0.2) is 0 Å². The van der Waals surface area contributed by atoms with E-state index in [1.54, 1.807) is 0 Å². The van der Waals surface area contributed by atoms with Crippen molar-refractivity contribution in [3.8, 4) is 0 Å². The lowest BCUT2D eigenvalue weighted by molar-refractivity contribution is 0.0446. The summed E-state index contributed by atoms with van der Waals surface area (Å²) in [7, 11) is 0. The fraction of sp³-hybridized carbons (Fsp3) is 0.682. The Morgan fingerprint density at radius 1 is 1.12 bits per heavy atom. The van der Waals surface area contributed by atoms with Crippen LogP contribution in [0, 0.1) is 11.8 Å². The Balaban J connectivity index is 1.57. The van der Waals surface area contributed by atoms with Gasteiger partial charge in [-0.2, -0.15) is 0 Å². The fourth-order valence-electron chi connectivity index (χ4n) is 4.38. The van der Waals surface area contributed by atoms with Crippen LogP contribution in [0.2, 0.25) is 0 Å². The lowest BCUT2D eigenvalue weighted by atomic mass is 9.94. The molecule has 1 amide bonds. The number of rotatable bonds is 5. The number of aliphatic hydroxyl groups is 1. The number of hydrogen-bond acceptors (Lipinski definition) is 3. The zero-order chi connectivity index (χ0) is 18.5. The molecule has 0 spiro atoms. The van der Waals surface area contributed by atoms with E-state index in [4.69, 9.17) is 0 Å². The molecule has 4 nitrogen and oxygen atoms in total. The van der Waals surface area contributed by atoms with Crippen LogP contribution in [0.1, 0.15) is 55.5 Å². The van der Waals surface area contributed by atoms with E-state index in [0.717, 1.165) is 57.4 Å². The molecule has 2 fully saturated rings. The number of amides is 1. The first-order valence-electron chi connectivity index (χ1n) is 10.3. The first kappa shape index (κ1) is 19.4. The molecular weight excluding hydrogens is 324 g/mol. The van der Waals surface area contributed by atoms with Gasteiger partial charge in [-0.15, -0.1) is 0 Å². The smallest absolute Gasteiger partial charge is 0.253 e. The summed E-state index contributed by atoms with van der Waals surface area (Å²) in [4.78, 5) is 17.5. The van der Waals surface area contributed by atoms with Crippen LogP contribution in [0.25, 0.3) is 0 Å². The van der Waals surface area contributed by atoms with Crippen molar-refractivity contribution in [3.63, 3.8) is 0 Å². The van der Waals surface area contributed by atoms with Gasteiger partial charge in [0.1, 0.15) is 0 Å². The second-order valence-electron chi connectivity index (χ2n) is 8.50. The summed E-state index contributed by atoms with van der Waals surface area (Å²) in [5.41, 5.74) is 2.12. The van der Waals surface area contributed by atoms with Crippen molar-refractivity contribution >= 4 is 5.91 Å². The summed E-state index contributed by atoms with van der Waals surface area (Å²) < 4.78 is 0. The van der Waals surface area contributed by atoms with Crippen LogP contribution in [-0.2, 0) is 6.42 Å². The van der Waals surface area contributed by atoms with Crippen LogP contribution in [0.3, 0.4) is 0 Å². The molecule has 0 bridgehead atoms. The van der Waals surface area contributed by atoms with Gasteiger partial charge >= 0.3 is 0 Å². The van der Waals surface area contributed by atoms with E-state index in [9.17, 15) is 9.90 Å². The second kappa shape index (κ2) is 9.01. The average molecular weight is 359 g/mol. The molecule has 2 aliphatic rings. The summed E-state index contributed by atoms with van der Waals surface area (Å²) in [6.45, 7) is 8.58. The Hall–Kier alpha value is -1.39. The molecule has 4 heteroatoms. The van der Waals surface area contributed by atoms with E-state index in [0.29, 0.717) is 24.5 Å². The van der Waals surface area contributed by atoms with E-state index < -0.39 is 0 Å². The van der Waals surface area contributed by atoms with E-state index in [1.807, 2.05) is 17.0 Å². The number of piperidine rings is 2. The van der Waals surface area contributed by atoms with E-state index in [2.05, 4.69) is 30.9 Å². The molecule has 2 aliphatic heterocycles. The Bertz CT molecular complexity index is 576. The first-order chi connectivity index (χ1) is 12.6. The Kier molecular flexibility index (Phi) is 6.71. The van der Waals surface area contributed by atoms with E-state index >= 15 is 0 Å². The van der Waals surface area contributed by atoms with Crippen LogP contribution in [-0.4, -0.2) is 59.6 Å². The van der Waals surface area contributed by atoms with Gasteiger partial charge in [-0.1, -0.05) is 26.0 Å². The highest BCUT2D eigenvalue weighted by Crippen LogP contribution is 2.24. The van der Waals surface area contributed by atoms with Gasteiger partial charge in [0, 0.05) is 31.3 Å². The van der Waals surface area contributed by atoms with Crippen LogP contribution < -0.4 is 0 Å². The van der Waals surface area contributed by atoms with E-state index in [1.165, 1.54) is 12.0 Å². The fourth-order valence-corrected chi connectivity index (χ4v) is 4.38. The summed E-state index contributed by atoms with van der Waals surface area (Å²) in [5.74, 6) is 1.28. The Morgan fingerprint density at radius 3 is 2.42 bits per heavy atom. The third-order valence-corrected chi connectivity index (χ3v) is 5.95. The summed E-state index contributed by atoms with van der Waals surface area (Å²) in [6, 6.07) is 8.68. The molecule has 144 valence electrons. The first-order valence-corrected chi connectivity index (χ1v) is 10.3. The zero-order valence-corrected chi connectivity index (χ0v) is 16.4. The molecule has 0 aromatic heterocycles. The predicted molar refractivity (Wildman–Crippen MR) is 105 cm³/mol. The number of hydrogen-bond donors (Lipinski definition) is 1. The largest absolute Gasteiger partial charge is 0.396 e. The SMILES string of the molecule is CC(C)Cc1ccc(C(=O)N2CCC[C@@H](N3CCC(CO)CC3)C2)cc1. The molecule has 1 N–H and O–H groups in total. The Labute approximate surface area is 158 Å². The number of nitrogens with zero attached hydrogens (tertiary/aromatic N) is 2. The molecule has 1 aromatic rings. The minimum atomic E-state index is 0.177. The molecule has 2 heterocycles. The Morgan fingerprint density at radius 2 is 1.81 bits per heavy atom. The van der Waals surface area contributed by atoms with Crippen LogP contribution >= 0.6 is 0 Å². The summed E-state index contributed by atoms with van der Waals surface area (Å²) in [6.07, 6.45) is 5.49. The van der Waals surface area contributed by atoms with Crippen molar-refractivity contribution < 1.29 is 9.90 Å². The van der Waals surface area contributed by atoms with Crippen LogP contribution in [0.15, 0.2) is 24.3 Å². The molecular formula is C22H34N2O2. The lowest BCUT2D eigenvalue weighted by Gasteiger charge is -2.42. The van der Waals surface area contributed by atoms with Gasteiger partial charge in [0.05, 0.1) is 0 Å². The standard InChI is InChI=1S/C22H34N2O2/c1-17(2)14-18-5-7-20(8-6-18)22(26)24-11-3-4-21(15-24)23-12-9-19(16-25)10-13-23/h5-8,17,19,21,25H,3-4,9-16H2,1-2H3/t21-/m1/s1. The monoisotopic (exact) mass is 358 g/mol. The number of likely N-dealkylation sites (tertiary alicyclic amines) is 2. The van der Waals surface area contributed by atoms with Gasteiger partial charge in [0.2, 0.25) is 0 Å². The average Bonchev–Trinajstić information content (AvgIpc) is 2.68. The predicted octanol–water partition coefficient (Wildman–Crippen LogP) is 3.19. The van der Waals surface area contributed by atoms with Crippen molar-refractivity contribution in [3.05, 3.63) is 35.4 Å². The van der Waals surface area contributed by atoms with Crippen molar-refractivity contribution in [1.29, 1.82) is 0 Å².